The van der Waals surface area contributed by atoms with Crippen molar-refractivity contribution in [2.24, 2.45) is 11.8 Å². The molecule has 1 aliphatic rings. The maximum Gasteiger partial charge on any atom is 0.330 e. The highest BCUT2D eigenvalue weighted by molar-refractivity contribution is 5.82. The SMILES string of the molecule is C=CC(=O)OCC(CO/C(C)=C/C=C\C)OC(=O)C1CCCCC1C(=O)O. The van der Waals surface area contributed by atoms with Crippen LogP contribution in [0.15, 0.2) is 36.6 Å². The number of carboxylic acids is 1. The fraction of sp³-hybridized carbons (Fsp3) is 0.550. The van der Waals surface area contributed by atoms with Gasteiger partial charge in [0.2, 0.25) is 0 Å². The molecule has 1 saturated carbocycles. The molecule has 1 aliphatic carbocycles. The third-order valence-corrected chi connectivity index (χ3v) is 4.27. The summed E-state index contributed by atoms with van der Waals surface area (Å²) >= 11 is 0. The minimum atomic E-state index is -0.993. The van der Waals surface area contributed by atoms with Crippen molar-refractivity contribution >= 4 is 17.9 Å². The molecule has 1 fully saturated rings. The van der Waals surface area contributed by atoms with Crippen molar-refractivity contribution in [1.29, 1.82) is 0 Å². The van der Waals surface area contributed by atoms with Gasteiger partial charge in [-0.1, -0.05) is 31.6 Å². The monoisotopic (exact) mass is 380 g/mol. The molecular formula is C20H28O7. The third kappa shape index (κ3) is 8.11. The molecule has 0 saturated heterocycles. The molecule has 1 rings (SSSR count). The molecule has 0 aliphatic heterocycles. The Morgan fingerprint density at radius 3 is 2.37 bits per heavy atom. The number of hydrogen-bond donors (Lipinski definition) is 1. The van der Waals surface area contributed by atoms with E-state index in [1.807, 2.05) is 13.0 Å². The minimum absolute atomic E-state index is 0.0134. The van der Waals surface area contributed by atoms with Crippen LogP contribution in [0.2, 0.25) is 0 Å². The molecule has 7 nitrogen and oxygen atoms in total. The molecule has 3 atom stereocenters. The fourth-order valence-corrected chi connectivity index (χ4v) is 2.81. The topological polar surface area (TPSA) is 99.1 Å². The summed E-state index contributed by atoms with van der Waals surface area (Å²) < 4.78 is 15.9. The number of aliphatic carboxylic acids is 1. The predicted molar refractivity (Wildman–Crippen MR) is 98.6 cm³/mol. The summed E-state index contributed by atoms with van der Waals surface area (Å²) in [6.07, 6.45) is 8.03. The average Bonchev–Trinajstić information content (AvgIpc) is 2.67. The van der Waals surface area contributed by atoms with E-state index in [1.165, 1.54) is 0 Å². The van der Waals surface area contributed by atoms with E-state index in [-0.39, 0.29) is 13.2 Å². The lowest BCUT2D eigenvalue weighted by molar-refractivity contribution is -0.169. The zero-order valence-corrected chi connectivity index (χ0v) is 15.9. The van der Waals surface area contributed by atoms with Crippen molar-refractivity contribution in [3.05, 3.63) is 36.6 Å². The molecule has 0 spiro atoms. The van der Waals surface area contributed by atoms with E-state index < -0.39 is 35.8 Å². The van der Waals surface area contributed by atoms with E-state index in [0.717, 1.165) is 18.9 Å². The second-order valence-electron chi connectivity index (χ2n) is 6.34. The molecule has 1 N–H and O–H groups in total. The largest absolute Gasteiger partial charge is 0.494 e. The van der Waals surface area contributed by atoms with Gasteiger partial charge in [-0.25, -0.2) is 4.79 Å². The van der Waals surface area contributed by atoms with Gasteiger partial charge in [0.05, 0.1) is 17.6 Å². The highest BCUT2D eigenvalue weighted by Crippen LogP contribution is 2.31. The normalized spacial score (nSPS) is 21.3. The van der Waals surface area contributed by atoms with Gasteiger partial charge < -0.3 is 19.3 Å². The number of carbonyl (C=O) groups is 3. The Balaban J connectivity index is 2.75. The van der Waals surface area contributed by atoms with E-state index in [2.05, 4.69) is 6.58 Å². The predicted octanol–water partition coefficient (Wildman–Crippen LogP) is 3.01. The molecule has 0 aromatic heterocycles. The zero-order valence-electron chi connectivity index (χ0n) is 15.9. The summed E-state index contributed by atoms with van der Waals surface area (Å²) in [6.45, 7) is 6.72. The maximum atomic E-state index is 12.5. The first-order valence-corrected chi connectivity index (χ1v) is 9.03. The van der Waals surface area contributed by atoms with Gasteiger partial charge in [0.15, 0.2) is 6.10 Å². The standard InChI is InChI=1S/C20H28O7/c1-4-6-9-14(3)25-12-15(13-26-18(21)5-2)27-20(24)17-11-8-7-10-16(17)19(22)23/h4-6,9,15-17H,2,7-8,10-13H2,1,3H3,(H,22,23)/b6-4-,14-9+. The van der Waals surface area contributed by atoms with Crippen molar-refractivity contribution in [3.63, 3.8) is 0 Å². The smallest absolute Gasteiger partial charge is 0.330 e. The summed E-state index contributed by atoms with van der Waals surface area (Å²) in [5.41, 5.74) is 0. The van der Waals surface area contributed by atoms with Crippen LogP contribution in [0.1, 0.15) is 39.5 Å². The highest BCUT2D eigenvalue weighted by atomic mass is 16.6. The first-order chi connectivity index (χ1) is 12.9. The van der Waals surface area contributed by atoms with Gasteiger partial charge in [0.25, 0.3) is 0 Å². The van der Waals surface area contributed by atoms with Crippen molar-refractivity contribution in [2.45, 2.75) is 45.6 Å². The third-order valence-electron chi connectivity index (χ3n) is 4.27. The van der Waals surface area contributed by atoms with Gasteiger partial charge >= 0.3 is 17.9 Å². The summed E-state index contributed by atoms with van der Waals surface area (Å²) in [4.78, 5) is 35.2. The van der Waals surface area contributed by atoms with E-state index in [4.69, 9.17) is 14.2 Å². The number of esters is 2. The number of allylic oxidation sites excluding steroid dienone is 4. The van der Waals surface area contributed by atoms with E-state index in [1.54, 1.807) is 19.1 Å². The van der Waals surface area contributed by atoms with Gasteiger partial charge in [-0.05, 0) is 32.8 Å². The summed E-state index contributed by atoms with van der Waals surface area (Å²) in [5, 5.41) is 9.33. The van der Waals surface area contributed by atoms with Gasteiger partial charge in [-0.2, -0.15) is 0 Å². The molecular weight excluding hydrogens is 352 g/mol. The molecule has 0 amide bonds. The molecule has 0 radical (unpaired) electrons. The summed E-state index contributed by atoms with van der Waals surface area (Å²) in [7, 11) is 0. The van der Waals surface area contributed by atoms with Crippen LogP contribution in [0.5, 0.6) is 0 Å². The molecule has 27 heavy (non-hydrogen) atoms. The van der Waals surface area contributed by atoms with Crippen LogP contribution < -0.4 is 0 Å². The Hall–Kier alpha value is -2.57. The van der Waals surface area contributed by atoms with Gasteiger partial charge in [0.1, 0.15) is 13.2 Å². The van der Waals surface area contributed by atoms with Crippen molar-refractivity contribution < 1.29 is 33.7 Å². The number of rotatable bonds is 10. The second-order valence-corrected chi connectivity index (χ2v) is 6.34. The fourth-order valence-electron chi connectivity index (χ4n) is 2.81. The molecule has 150 valence electrons. The molecule has 0 aromatic rings. The van der Waals surface area contributed by atoms with Crippen LogP contribution in [0.4, 0.5) is 0 Å². The average molecular weight is 380 g/mol. The van der Waals surface area contributed by atoms with Crippen molar-refractivity contribution in [3.8, 4) is 0 Å². The Kier molecular flexibility index (Phi) is 9.93. The number of carboxylic acid groups (broad SMARTS) is 1. The van der Waals surface area contributed by atoms with Crippen LogP contribution >= 0.6 is 0 Å². The number of carbonyl (C=O) groups excluding carboxylic acids is 2. The summed E-state index contributed by atoms with van der Waals surface area (Å²) in [6, 6.07) is 0. The van der Waals surface area contributed by atoms with E-state index in [9.17, 15) is 19.5 Å². The first kappa shape index (κ1) is 22.5. The lowest BCUT2D eigenvalue weighted by atomic mass is 9.79. The van der Waals surface area contributed by atoms with Crippen LogP contribution in [-0.2, 0) is 28.6 Å². The highest BCUT2D eigenvalue weighted by Gasteiger charge is 2.37. The summed E-state index contributed by atoms with van der Waals surface area (Å²) in [5.74, 6) is -3.08. The molecule has 0 bridgehead atoms. The van der Waals surface area contributed by atoms with Crippen molar-refractivity contribution in [1.82, 2.24) is 0 Å². The molecule has 0 aromatic carbocycles. The van der Waals surface area contributed by atoms with Gasteiger partial charge in [0, 0.05) is 6.08 Å². The number of hydrogen-bond acceptors (Lipinski definition) is 6. The Bertz CT molecular complexity index is 591. The molecule has 7 heteroatoms. The van der Waals surface area contributed by atoms with E-state index in [0.29, 0.717) is 18.6 Å². The first-order valence-electron chi connectivity index (χ1n) is 9.03. The Morgan fingerprint density at radius 2 is 1.78 bits per heavy atom. The Morgan fingerprint density at radius 1 is 1.15 bits per heavy atom. The van der Waals surface area contributed by atoms with Crippen LogP contribution in [-0.4, -0.2) is 42.3 Å². The maximum absolute atomic E-state index is 12.5. The van der Waals surface area contributed by atoms with Crippen LogP contribution in [0.3, 0.4) is 0 Å². The minimum Gasteiger partial charge on any atom is -0.494 e. The lowest BCUT2D eigenvalue weighted by Crippen LogP contribution is -2.38. The van der Waals surface area contributed by atoms with Crippen LogP contribution in [0.25, 0.3) is 0 Å². The van der Waals surface area contributed by atoms with Gasteiger partial charge in [-0.15, -0.1) is 0 Å². The molecule has 3 unspecified atom stereocenters. The number of ether oxygens (including phenoxy) is 3. The quantitative estimate of drug-likeness (QED) is 0.269. The van der Waals surface area contributed by atoms with Crippen molar-refractivity contribution in [2.75, 3.05) is 13.2 Å². The van der Waals surface area contributed by atoms with Gasteiger partial charge in [-0.3, -0.25) is 9.59 Å². The molecule has 0 heterocycles. The van der Waals surface area contributed by atoms with Crippen LogP contribution in [0, 0.1) is 11.8 Å². The zero-order chi connectivity index (χ0) is 20.2. The lowest BCUT2D eigenvalue weighted by Gasteiger charge is -2.28. The van der Waals surface area contributed by atoms with E-state index >= 15 is 0 Å². The Labute approximate surface area is 159 Å². The second kappa shape index (κ2) is 11.9.